The topological polar surface area (TPSA) is 29.1 Å². The van der Waals surface area contributed by atoms with Crippen molar-refractivity contribution < 1.29 is 9.18 Å². The summed E-state index contributed by atoms with van der Waals surface area (Å²) in [5, 5.41) is 2.59. The van der Waals surface area contributed by atoms with Crippen molar-refractivity contribution in [2.45, 2.75) is 19.8 Å². The summed E-state index contributed by atoms with van der Waals surface area (Å²) in [5.41, 5.74) is 2.17. The van der Waals surface area contributed by atoms with Crippen LogP contribution in [0.3, 0.4) is 0 Å². The van der Waals surface area contributed by atoms with Gasteiger partial charge in [-0.2, -0.15) is 0 Å². The quantitative estimate of drug-likeness (QED) is 0.889. The number of carbonyl (C=O) groups excluding carboxylic acids is 1. The number of benzene rings is 2. The van der Waals surface area contributed by atoms with Crippen molar-refractivity contribution in [3.63, 3.8) is 0 Å². The highest BCUT2D eigenvalue weighted by atomic mass is 19.1. The molecule has 0 fully saturated rings. The highest BCUT2D eigenvalue weighted by Gasteiger charge is 2.07. The minimum absolute atomic E-state index is 0.174. The Morgan fingerprint density at radius 1 is 1.16 bits per heavy atom. The second-order valence-corrected chi connectivity index (χ2v) is 4.52. The van der Waals surface area contributed by atoms with Crippen LogP contribution in [-0.4, -0.2) is 5.91 Å². The largest absolute Gasteiger partial charge is 0.324 e. The van der Waals surface area contributed by atoms with E-state index in [0.717, 1.165) is 11.1 Å². The monoisotopic (exact) mass is 257 g/mol. The zero-order valence-electron chi connectivity index (χ0n) is 10.8. The van der Waals surface area contributed by atoms with E-state index in [1.54, 1.807) is 12.1 Å². The van der Waals surface area contributed by atoms with Crippen LogP contribution in [0.25, 0.3) is 0 Å². The molecule has 2 aromatic rings. The summed E-state index contributed by atoms with van der Waals surface area (Å²) in [4.78, 5) is 11.7. The zero-order chi connectivity index (χ0) is 13.7. The molecule has 2 aromatic carbocycles. The van der Waals surface area contributed by atoms with Crippen LogP contribution < -0.4 is 5.32 Å². The Hall–Kier alpha value is -2.16. The Kier molecular flexibility index (Phi) is 4.29. The van der Waals surface area contributed by atoms with Gasteiger partial charge in [-0.05, 0) is 36.6 Å². The highest BCUT2D eigenvalue weighted by molar-refractivity contribution is 5.90. The lowest BCUT2D eigenvalue weighted by atomic mass is 10.1. The van der Waals surface area contributed by atoms with Crippen molar-refractivity contribution in [2.75, 3.05) is 5.32 Å². The second-order valence-electron chi connectivity index (χ2n) is 4.52. The lowest BCUT2D eigenvalue weighted by Crippen LogP contribution is -2.13. The predicted octanol–water partition coefficient (Wildman–Crippen LogP) is 3.71. The molecule has 0 atom stereocenters. The summed E-state index contributed by atoms with van der Waals surface area (Å²) < 4.78 is 13.6. The maximum Gasteiger partial charge on any atom is 0.224 e. The standard InChI is InChI=1S/C16H16FNO/c1-12-7-9-15(14(17)11-12)18-16(19)10-8-13-5-3-2-4-6-13/h2-7,9,11H,8,10H2,1H3,(H,18,19). The van der Waals surface area contributed by atoms with Gasteiger partial charge in [0.15, 0.2) is 0 Å². The molecule has 0 unspecified atom stereocenters. The van der Waals surface area contributed by atoms with E-state index in [2.05, 4.69) is 5.32 Å². The van der Waals surface area contributed by atoms with E-state index in [1.807, 2.05) is 37.3 Å². The van der Waals surface area contributed by atoms with E-state index < -0.39 is 5.82 Å². The average Bonchev–Trinajstić information content (AvgIpc) is 2.41. The molecule has 3 heteroatoms. The lowest BCUT2D eigenvalue weighted by Gasteiger charge is -2.07. The van der Waals surface area contributed by atoms with E-state index in [0.29, 0.717) is 12.8 Å². The van der Waals surface area contributed by atoms with Crippen LogP contribution in [0.5, 0.6) is 0 Å². The average molecular weight is 257 g/mol. The third-order valence-electron chi connectivity index (χ3n) is 2.88. The summed E-state index contributed by atoms with van der Waals surface area (Å²) in [6.45, 7) is 1.81. The van der Waals surface area contributed by atoms with Crippen molar-refractivity contribution in [1.82, 2.24) is 0 Å². The maximum absolute atomic E-state index is 13.6. The fourth-order valence-electron chi connectivity index (χ4n) is 1.84. The fourth-order valence-corrected chi connectivity index (χ4v) is 1.84. The minimum atomic E-state index is -0.395. The molecule has 0 saturated heterocycles. The Balaban J connectivity index is 1.91. The first-order valence-electron chi connectivity index (χ1n) is 6.25. The van der Waals surface area contributed by atoms with Gasteiger partial charge < -0.3 is 5.32 Å². The molecule has 0 bridgehead atoms. The van der Waals surface area contributed by atoms with Crippen LogP contribution in [0.4, 0.5) is 10.1 Å². The van der Waals surface area contributed by atoms with Crippen molar-refractivity contribution in [3.8, 4) is 0 Å². The van der Waals surface area contributed by atoms with Gasteiger partial charge in [-0.15, -0.1) is 0 Å². The van der Waals surface area contributed by atoms with Crippen LogP contribution >= 0.6 is 0 Å². The third kappa shape index (κ3) is 3.91. The van der Waals surface area contributed by atoms with Crippen molar-refractivity contribution in [3.05, 3.63) is 65.5 Å². The van der Waals surface area contributed by atoms with Gasteiger partial charge in [0.05, 0.1) is 5.69 Å². The van der Waals surface area contributed by atoms with E-state index >= 15 is 0 Å². The normalized spacial score (nSPS) is 10.2. The Labute approximate surface area is 112 Å². The molecule has 0 aliphatic rings. The Bertz CT molecular complexity index is 566. The highest BCUT2D eigenvalue weighted by Crippen LogP contribution is 2.15. The third-order valence-corrected chi connectivity index (χ3v) is 2.88. The number of amides is 1. The summed E-state index contributed by atoms with van der Waals surface area (Å²) in [6, 6.07) is 14.5. The van der Waals surface area contributed by atoms with E-state index in [-0.39, 0.29) is 11.6 Å². The summed E-state index contributed by atoms with van der Waals surface area (Å²) in [6.07, 6.45) is 0.998. The SMILES string of the molecule is Cc1ccc(NC(=O)CCc2ccccc2)c(F)c1. The minimum Gasteiger partial charge on any atom is -0.324 e. The summed E-state index contributed by atoms with van der Waals surface area (Å²) in [7, 11) is 0. The number of hydrogen-bond donors (Lipinski definition) is 1. The van der Waals surface area contributed by atoms with Gasteiger partial charge >= 0.3 is 0 Å². The molecule has 0 aromatic heterocycles. The van der Waals surface area contributed by atoms with Crippen molar-refractivity contribution >= 4 is 11.6 Å². The molecule has 0 aliphatic carbocycles. The summed E-state index contributed by atoms with van der Waals surface area (Å²) >= 11 is 0. The van der Waals surface area contributed by atoms with Crippen molar-refractivity contribution in [1.29, 1.82) is 0 Å². The van der Waals surface area contributed by atoms with Gasteiger partial charge in [-0.25, -0.2) is 4.39 Å². The van der Waals surface area contributed by atoms with Crippen LogP contribution in [-0.2, 0) is 11.2 Å². The molecule has 2 nitrogen and oxygen atoms in total. The zero-order valence-corrected chi connectivity index (χ0v) is 10.8. The molecule has 2 rings (SSSR count). The number of carbonyl (C=O) groups is 1. The van der Waals surface area contributed by atoms with Gasteiger partial charge in [0.2, 0.25) is 5.91 Å². The number of anilines is 1. The second kappa shape index (κ2) is 6.14. The number of nitrogens with one attached hydrogen (secondary N) is 1. The van der Waals surface area contributed by atoms with Gasteiger partial charge in [-0.3, -0.25) is 4.79 Å². The molecule has 19 heavy (non-hydrogen) atoms. The van der Waals surface area contributed by atoms with Gasteiger partial charge in [0.1, 0.15) is 5.82 Å². The Morgan fingerprint density at radius 3 is 2.58 bits per heavy atom. The smallest absolute Gasteiger partial charge is 0.224 e. The number of rotatable bonds is 4. The molecule has 0 spiro atoms. The summed E-state index contributed by atoms with van der Waals surface area (Å²) in [5.74, 6) is -0.570. The fraction of sp³-hybridized carbons (Fsp3) is 0.188. The first-order chi connectivity index (χ1) is 9.15. The van der Waals surface area contributed by atoms with E-state index in [1.165, 1.54) is 6.07 Å². The molecule has 1 N–H and O–H groups in total. The number of hydrogen-bond acceptors (Lipinski definition) is 1. The predicted molar refractivity (Wildman–Crippen MR) is 74.5 cm³/mol. The van der Waals surface area contributed by atoms with Gasteiger partial charge in [-0.1, -0.05) is 36.4 Å². The molecule has 1 amide bonds. The maximum atomic E-state index is 13.6. The van der Waals surface area contributed by atoms with Crippen LogP contribution in [0.1, 0.15) is 17.5 Å². The van der Waals surface area contributed by atoms with Gasteiger partial charge in [0.25, 0.3) is 0 Å². The Morgan fingerprint density at radius 2 is 1.89 bits per heavy atom. The molecule has 0 heterocycles. The van der Waals surface area contributed by atoms with Crippen molar-refractivity contribution in [2.24, 2.45) is 0 Å². The molecule has 0 radical (unpaired) electrons. The number of halogens is 1. The lowest BCUT2D eigenvalue weighted by molar-refractivity contribution is -0.116. The molecular formula is C16H16FNO. The first kappa shape index (κ1) is 13.3. The molecular weight excluding hydrogens is 241 g/mol. The van der Waals surface area contributed by atoms with E-state index in [4.69, 9.17) is 0 Å². The van der Waals surface area contributed by atoms with Crippen LogP contribution in [0, 0.1) is 12.7 Å². The molecule has 98 valence electrons. The van der Waals surface area contributed by atoms with Crippen LogP contribution in [0.2, 0.25) is 0 Å². The molecule has 0 saturated carbocycles. The first-order valence-corrected chi connectivity index (χ1v) is 6.25. The van der Waals surface area contributed by atoms with Crippen LogP contribution in [0.15, 0.2) is 48.5 Å². The van der Waals surface area contributed by atoms with E-state index in [9.17, 15) is 9.18 Å². The van der Waals surface area contributed by atoms with Gasteiger partial charge in [0, 0.05) is 6.42 Å². The number of aryl methyl sites for hydroxylation is 2. The molecule has 0 aliphatic heterocycles.